The van der Waals surface area contributed by atoms with Crippen molar-refractivity contribution in [3.8, 4) is 0 Å². The number of hydrogen-bond acceptors (Lipinski definition) is 8. The Morgan fingerprint density at radius 1 is 1.15 bits per heavy atom. The molecule has 13 heteroatoms. The summed E-state index contributed by atoms with van der Waals surface area (Å²) in [6.45, 7) is 3.73. The number of ether oxygens (including phenoxy) is 2. The van der Waals surface area contributed by atoms with Crippen molar-refractivity contribution in [1.29, 1.82) is 0 Å². The molecule has 212 valence electrons. The molecule has 1 N–H and O–H groups in total. The third-order valence-electron chi connectivity index (χ3n) is 7.23. The van der Waals surface area contributed by atoms with E-state index in [1.807, 2.05) is 0 Å². The van der Waals surface area contributed by atoms with Crippen molar-refractivity contribution in [2.75, 3.05) is 24.6 Å². The molecule has 1 unspecified atom stereocenters. The van der Waals surface area contributed by atoms with Gasteiger partial charge >= 0.3 is 6.18 Å². The second-order valence-corrected chi connectivity index (χ2v) is 10.1. The van der Waals surface area contributed by atoms with E-state index in [4.69, 9.17) is 9.47 Å². The topological polar surface area (TPSA) is 98.4 Å². The zero-order valence-electron chi connectivity index (χ0n) is 21.8. The maximum Gasteiger partial charge on any atom is 0.408 e. The molecule has 0 aliphatic carbocycles. The van der Waals surface area contributed by atoms with Crippen molar-refractivity contribution < 1.29 is 32.1 Å². The van der Waals surface area contributed by atoms with Gasteiger partial charge in [-0.05, 0) is 51.7 Å². The van der Waals surface area contributed by atoms with Crippen LogP contribution >= 0.6 is 0 Å². The standard InChI is InChI=1S/C26H32F4N6O3/c1-15(39-23-5-3-4-10-38-23)24-34-20-13-32-18(12-21(20)36(24)16(2)26(28,29)30)11-17-6-8-31-25(33-17)35-9-7-22(37)19(27)14-35/h6,8,12-13,15-16,19,22-23,37H,3-5,7,9-11,14H2,1-2H3/t15-,16+,19+,22-,23?/m1/s1. The number of piperidine rings is 1. The molecular weight excluding hydrogens is 520 g/mol. The quantitative estimate of drug-likeness (QED) is 0.430. The van der Waals surface area contributed by atoms with Crippen molar-refractivity contribution in [2.45, 2.75) is 82.8 Å². The number of anilines is 1. The smallest absolute Gasteiger partial charge is 0.390 e. The van der Waals surface area contributed by atoms with Gasteiger partial charge in [0.1, 0.15) is 29.7 Å². The number of pyridine rings is 1. The van der Waals surface area contributed by atoms with Gasteiger partial charge in [-0.15, -0.1) is 0 Å². The number of aliphatic hydroxyl groups excluding tert-OH is 1. The predicted molar refractivity (Wildman–Crippen MR) is 134 cm³/mol. The molecule has 0 saturated carbocycles. The van der Waals surface area contributed by atoms with E-state index in [1.165, 1.54) is 10.8 Å². The van der Waals surface area contributed by atoms with E-state index in [2.05, 4.69) is 19.9 Å². The van der Waals surface area contributed by atoms with Crippen molar-refractivity contribution in [3.63, 3.8) is 0 Å². The Balaban J connectivity index is 1.43. The highest BCUT2D eigenvalue weighted by atomic mass is 19.4. The molecule has 2 saturated heterocycles. The molecule has 39 heavy (non-hydrogen) atoms. The van der Waals surface area contributed by atoms with E-state index in [0.29, 0.717) is 47.9 Å². The maximum atomic E-state index is 14.0. The average Bonchev–Trinajstić information content (AvgIpc) is 3.29. The van der Waals surface area contributed by atoms with E-state index < -0.39 is 36.9 Å². The summed E-state index contributed by atoms with van der Waals surface area (Å²) in [5, 5.41) is 9.67. The molecule has 0 spiro atoms. The summed E-state index contributed by atoms with van der Waals surface area (Å²) >= 11 is 0. The molecule has 2 aliphatic rings. The van der Waals surface area contributed by atoms with Crippen LogP contribution in [-0.2, 0) is 15.9 Å². The van der Waals surface area contributed by atoms with E-state index in [1.54, 1.807) is 30.2 Å². The Labute approximate surface area is 223 Å². The third kappa shape index (κ3) is 6.15. The molecule has 5 rings (SSSR count). The van der Waals surface area contributed by atoms with Crippen LogP contribution < -0.4 is 4.90 Å². The maximum absolute atomic E-state index is 14.0. The van der Waals surface area contributed by atoms with Gasteiger partial charge in [0.15, 0.2) is 6.29 Å². The van der Waals surface area contributed by atoms with Crippen LogP contribution in [0.2, 0.25) is 0 Å². The lowest BCUT2D eigenvalue weighted by atomic mass is 10.1. The van der Waals surface area contributed by atoms with Gasteiger partial charge in [-0.1, -0.05) is 0 Å². The van der Waals surface area contributed by atoms with Crippen molar-refractivity contribution in [1.82, 2.24) is 24.5 Å². The van der Waals surface area contributed by atoms with E-state index in [9.17, 15) is 22.7 Å². The number of fused-ring (bicyclic) bond motifs is 1. The van der Waals surface area contributed by atoms with Crippen LogP contribution in [0.4, 0.5) is 23.5 Å². The van der Waals surface area contributed by atoms with Gasteiger partial charge in [0, 0.05) is 31.5 Å². The zero-order valence-corrected chi connectivity index (χ0v) is 21.8. The Morgan fingerprint density at radius 2 is 1.97 bits per heavy atom. The Hall–Kier alpha value is -2.90. The number of alkyl halides is 4. The summed E-state index contributed by atoms with van der Waals surface area (Å²) in [5.41, 5.74) is 1.69. The van der Waals surface area contributed by atoms with E-state index >= 15 is 0 Å². The second-order valence-electron chi connectivity index (χ2n) is 10.1. The van der Waals surface area contributed by atoms with Crippen LogP contribution in [0.3, 0.4) is 0 Å². The average molecular weight is 553 g/mol. The number of nitrogens with zero attached hydrogens (tertiary/aromatic N) is 6. The largest absolute Gasteiger partial charge is 0.408 e. The van der Waals surface area contributed by atoms with Gasteiger partial charge in [-0.2, -0.15) is 13.2 Å². The van der Waals surface area contributed by atoms with E-state index in [-0.39, 0.29) is 25.2 Å². The molecule has 0 bridgehead atoms. The fourth-order valence-electron chi connectivity index (χ4n) is 5.00. The minimum Gasteiger partial charge on any atom is -0.390 e. The molecule has 3 aromatic heterocycles. The Morgan fingerprint density at radius 3 is 2.69 bits per heavy atom. The highest BCUT2D eigenvalue weighted by Gasteiger charge is 2.40. The monoisotopic (exact) mass is 552 g/mol. The Bertz CT molecular complexity index is 1280. The predicted octanol–water partition coefficient (Wildman–Crippen LogP) is 4.45. The summed E-state index contributed by atoms with van der Waals surface area (Å²) in [6.07, 6.45) is -2.09. The molecule has 0 amide bonds. The molecule has 2 fully saturated rings. The third-order valence-corrected chi connectivity index (χ3v) is 7.23. The molecule has 9 nitrogen and oxygen atoms in total. The summed E-state index contributed by atoms with van der Waals surface area (Å²) in [5.74, 6) is 0.484. The van der Waals surface area contributed by atoms with Crippen LogP contribution in [0.15, 0.2) is 24.5 Å². The highest BCUT2D eigenvalue weighted by molar-refractivity contribution is 5.76. The van der Waals surface area contributed by atoms with Gasteiger partial charge < -0.3 is 24.0 Å². The lowest BCUT2D eigenvalue weighted by Crippen LogP contribution is -2.45. The van der Waals surface area contributed by atoms with E-state index in [0.717, 1.165) is 19.8 Å². The van der Waals surface area contributed by atoms with Gasteiger partial charge in [-0.25, -0.2) is 19.3 Å². The van der Waals surface area contributed by atoms with Gasteiger partial charge in [0.05, 0.1) is 30.1 Å². The number of aromatic nitrogens is 5. The summed E-state index contributed by atoms with van der Waals surface area (Å²) in [4.78, 5) is 19.3. The molecule has 0 radical (unpaired) electrons. The minimum absolute atomic E-state index is 0.0156. The number of aliphatic hydroxyl groups is 1. The molecule has 5 atom stereocenters. The summed E-state index contributed by atoms with van der Waals surface area (Å²) in [6, 6.07) is 1.43. The number of hydrogen-bond donors (Lipinski definition) is 1. The lowest BCUT2D eigenvalue weighted by Gasteiger charge is -2.32. The lowest BCUT2D eigenvalue weighted by molar-refractivity contribution is -0.190. The van der Waals surface area contributed by atoms with Crippen LogP contribution in [0.1, 0.15) is 68.9 Å². The van der Waals surface area contributed by atoms with Crippen molar-refractivity contribution in [2.24, 2.45) is 0 Å². The normalized spacial score (nSPS) is 24.2. The fraction of sp³-hybridized carbons (Fsp3) is 0.615. The first-order chi connectivity index (χ1) is 18.6. The van der Waals surface area contributed by atoms with Crippen molar-refractivity contribution in [3.05, 3.63) is 41.7 Å². The van der Waals surface area contributed by atoms with Crippen LogP contribution in [0.25, 0.3) is 11.0 Å². The first-order valence-electron chi connectivity index (χ1n) is 13.2. The fourth-order valence-corrected chi connectivity index (χ4v) is 5.00. The van der Waals surface area contributed by atoms with Gasteiger partial charge in [-0.3, -0.25) is 4.98 Å². The highest BCUT2D eigenvalue weighted by Crippen LogP contribution is 2.37. The summed E-state index contributed by atoms with van der Waals surface area (Å²) < 4.78 is 68.7. The van der Waals surface area contributed by atoms with Crippen LogP contribution in [0, 0.1) is 0 Å². The first-order valence-corrected chi connectivity index (χ1v) is 13.2. The molecule has 3 aromatic rings. The second kappa shape index (κ2) is 11.3. The number of halogens is 4. The van der Waals surface area contributed by atoms with Crippen molar-refractivity contribution >= 4 is 17.0 Å². The number of rotatable bonds is 7. The molecule has 5 heterocycles. The Kier molecular flexibility index (Phi) is 8.01. The molecule has 0 aromatic carbocycles. The van der Waals surface area contributed by atoms with Crippen LogP contribution in [-0.4, -0.2) is 74.0 Å². The number of imidazole rings is 1. The zero-order chi connectivity index (χ0) is 27.7. The first kappa shape index (κ1) is 27.7. The molecule has 2 aliphatic heterocycles. The SMILES string of the molecule is C[C@H](n1c([C@@H](C)OC2CCCCO2)nc2cnc(Cc3ccnc(N4CC[C@@H](O)[C@@H](F)C4)n3)cc21)C(F)(F)F. The van der Waals surface area contributed by atoms with Gasteiger partial charge in [0.25, 0.3) is 0 Å². The van der Waals surface area contributed by atoms with Crippen LogP contribution in [0.5, 0.6) is 0 Å². The minimum atomic E-state index is -4.51. The summed E-state index contributed by atoms with van der Waals surface area (Å²) in [7, 11) is 0. The van der Waals surface area contributed by atoms with Gasteiger partial charge in [0.2, 0.25) is 5.95 Å². The molecular formula is C26H32F4N6O3.